The number of ether oxygens (including phenoxy) is 1. The van der Waals surface area contributed by atoms with Gasteiger partial charge in [-0.2, -0.15) is 5.26 Å². The summed E-state index contributed by atoms with van der Waals surface area (Å²) in [6.07, 6.45) is 2.35. The molecule has 1 aliphatic carbocycles. The fourth-order valence-electron chi connectivity index (χ4n) is 1.66. The van der Waals surface area contributed by atoms with Gasteiger partial charge in [0.15, 0.2) is 0 Å². The van der Waals surface area contributed by atoms with E-state index in [4.69, 9.17) is 21.6 Å². The molecule has 0 atom stereocenters. The van der Waals surface area contributed by atoms with Crippen molar-refractivity contribution < 1.29 is 9.66 Å². The van der Waals surface area contributed by atoms with E-state index in [0.29, 0.717) is 23.8 Å². The Morgan fingerprint density at radius 2 is 2.28 bits per heavy atom. The lowest BCUT2D eigenvalue weighted by Crippen LogP contribution is -2.12. The summed E-state index contributed by atoms with van der Waals surface area (Å²) in [6, 6.07) is 6.21. The molecule has 0 N–H and O–H groups in total. The first-order valence-corrected chi connectivity index (χ1v) is 5.88. The van der Waals surface area contributed by atoms with E-state index < -0.39 is 4.92 Å². The number of hydrogen-bond donors (Lipinski definition) is 0. The highest BCUT2D eigenvalue weighted by Gasteiger charge is 2.43. The van der Waals surface area contributed by atoms with Crippen molar-refractivity contribution in [1.29, 1.82) is 5.26 Å². The highest BCUT2D eigenvalue weighted by Crippen LogP contribution is 2.49. The van der Waals surface area contributed by atoms with Crippen molar-refractivity contribution in [1.82, 2.24) is 0 Å². The molecule has 1 aromatic rings. The molecule has 1 fully saturated rings. The van der Waals surface area contributed by atoms with Crippen molar-refractivity contribution in [2.24, 2.45) is 5.41 Å². The third-order valence-electron chi connectivity index (χ3n) is 3.07. The second-order valence-corrected chi connectivity index (χ2v) is 4.90. The van der Waals surface area contributed by atoms with Crippen LogP contribution in [-0.4, -0.2) is 11.5 Å². The topological polar surface area (TPSA) is 76.2 Å². The van der Waals surface area contributed by atoms with Gasteiger partial charge in [0.1, 0.15) is 5.75 Å². The van der Waals surface area contributed by atoms with E-state index in [1.54, 1.807) is 0 Å². The summed E-state index contributed by atoms with van der Waals surface area (Å²) < 4.78 is 5.52. The molecule has 0 heterocycles. The second kappa shape index (κ2) is 4.83. The molecule has 1 aromatic carbocycles. The molecular formula is C12H11ClN2O3. The van der Waals surface area contributed by atoms with Gasteiger partial charge in [-0.05, 0) is 18.9 Å². The second-order valence-electron chi connectivity index (χ2n) is 4.50. The van der Waals surface area contributed by atoms with Crippen LogP contribution in [-0.2, 0) is 0 Å². The Labute approximate surface area is 109 Å². The zero-order valence-electron chi connectivity index (χ0n) is 9.56. The summed E-state index contributed by atoms with van der Waals surface area (Å²) in [5.74, 6) is 0.301. The third-order valence-corrected chi connectivity index (χ3v) is 3.38. The van der Waals surface area contributed by atoms with Gasteiger partial charge in [-0.25, -0.2) is 0 Å². The number of halogens is 1. The van der Waals surface area contributed by atoms with Crippen molar-refractivity contribution in [3.63, 3.8) is 0 Å². The summed E-state index contributed by atoms with van der Waals surface area (Å²) in [4.78, 5) is 10.1. The smallest absolute Gasteiger partial charge is 0.273 e. The van der Waals surface area contributed by atoms with Crippen LogP contribution in [0.2, 0.25) is 5.02 Å². The Bertz CT molecular complexity index is 521. The molecule has 5 nitrogen and oxygen atoms in total. The van der Waals surface area contributed by atoms with Gasteiger partial charge in [-0.1, -0.05) is 11.6 Å². The molecule has 94 valence electrons. The molecule has 0 aliphatic heterocycles. The van der Waals surface area contributed by atoms with E-state index in [-0.39, 0.29) is 11.1 Å². The van der Waals surface area contributed by atoms with Crippen LogP contribution in [0.3, 0.4) is 0 Å². The lowest BCUT2D eigenvalue weighted by Gasteiger charge is -2.13. The number of nitro benzene ring substituents is 1. The molecule has 2 rings (SSSR count). The normalized spacial score (nSPS) is 15.8. The van der Waals surface area contributed by atoms with Gasteiger partial charge in [-0.15, -0.1) is 0 Å². The maximum atomic E-state index is 10.6. The van der Waals surface area contributed by atoms with E-state index in [0.717, 1.165) is 12.8 Å². The minimum atomic E-state index is -0.495. The maximum Gasteiger partial charge on any atom is 0.273 e. The van der Waals surface area contributed by atoms with Crippen LogP contribution in [0.15, 0.2) is 18.2 Å². The SMILES string of the molecule is N#CCC1(COc2cc([N+](=O)[O-])ccc2Cl)CC1. The molecule has 1 aliphatic rings. The van der Waals surface area contributed by atoms with Crippen molar-refractivity contribution in [3.05, 3.63) is 33.3 Å². The first kappa shape index (κ1) is 12.7. The third kappa shape index (κ3) is 2.71. The number of nitrogens with zero attached hydrogens (tertiary/aromatic N) is 2. The van der Waals surface area contributed by atoms with Crippen molar-refractivity contribution >= 4 is 17.3 Å². The number of nitriles is 1. The van der Waals surface area contributed by atoms with E-state index in [1.807, 2.05) is 0 Å². The van der Waals surface area contributed by atoms with Crippen LogP contribution in [0, 0.1) is 26.9 Å². The summed E-state index contributed by atoms with van der Waals surface area (Å²) in [5, 5.41) is 19.7. The quantitative estimate of drug-likeness (QED) is 0.605. The summed E-state index contributed by atoms with van der Waals surface area (Å²) in [7, 11) is 0. The molecule has 0 saturated heterocycles. The number of non-ortho nitro benzene ring substituents is 1. The summed E-state index contributed by atoms with van der Waals surface area (Å²) in [6.45, 7) is 0.376. The van der Waals surface area contributed by atoms with Gasteiger partial charge in [0.25, 0.3) is 5.69 Å². The lowest BCUT2D eigenvalue weighted by molar-refractivity contribution is -0.384. The van der Waals surface area contributed by atoms with Gasteiger partial charge in [0.2, 0.25) is 0 Å². The zero-order chi connectivity index (χ0) is 13.2. The van der Waals surface area contributed by atoms with Crippen LogP contribution < -0.4 is 4.74 Å². The highest BCUT2D eigenvalue weighted by atomic mass is 35.5. The predicted molar refractivity (Wildman–Crippen MR) is 65.5 cm³/mol. The Morgan fingerprint density at radius 1 is 1.56 bits per heavy atom. The minimum absolute atomic E-state index is 0.0560. The lowest BCUT2D eigenvalue weighted by atomic mass is 10.1. The molecule has 6 heteroatoms. The Balaban J connectivity index is 2.07. The molecule has 0 spiro atoms. The number of benzene rings is 1. The van der Waals surface area contributed by atoms with Crippen LogP contribution in [0.4, 0.5) is 5.69 Å². The van der Waals surface area contributed by atoms with Crippen LogP contribution >= 0.6 is 11.6 Å². The highest BCUT2D eigenvalue weighted by molar-refractivity contribution is 6.32. The fourth-order valence-corrected chi connectivity index (χ4v) is 1.84. The first-order chi connectivity index (χ1) is 8.56. The molecular weight excluding hydrogens is 256 g/mol. The molecule has 0 radical (unpaired) electrons. The molecule has 1 saturated carbocycles. The predicted octanol–water partition coefficient (Wildman–Crippen LogP) is 3.32. The Hall–Kier alpha value is -1.80. The van der Waals surface area contributed by atoms with Gasteiger partial charge in [0.05, 0.1) is 28.7 Å². The van der Waals surface area contributed by atoms with E-state index >= 15 is 0 Å². The number of rotatable bonds is 5. The van der Waals surface area contributed by atoms with E-state index in [2.05, 4.69) is 6.07 Å². The fraction of sp³-hybridized carbons (Fsp3) is 0.417. The molecule has 0 unspecified atom stereocenters. The van der Waals surface area contributed by atoms with Crippen LogP contribution in [0.1, 0.15) is 19.3 Å². The van der Waals surface area contributed by atoms with Crippen molar-refractivity contribution in [2.75, 3.05) is 6.61 Å². The summed E-state index contributed by atoms with van der Waals surface area (Å²) in [5.41, 5.74) is -0.137. The number of nitro groups is 1. The molecule has 0 bridgehead atoms. The van der Waals surface area contributed by atoms with E-state index in [9.17, 15) is 10.1 Å². The molecule has 0 aromatic heterocycles. The summed E-state index contributed by atoms with van der Waals surface area (Å²) >= 11 is 5.91. The maximum absolute atomic E-state index is 10.6. The van der Waals surface area contributed by atoms with Gasteiger partial charge in [0, 0.05) is 17.9 Å². The standard InChI is InChI=1S/C12H11ClN2O3/c13-10-2-1-9(15(16)17)7-11(10)18-8-12(3-4-12)5-6-14/h1-2,7H,3-5,8H2. The monoisotopic (exact) mass is 266 g/mol. The van der Waals surface area contributed by atoms with Crippen molar-refractivity contribution in [3.8, 4) is 11.8 Å². The largest absolute Gasteiger partial charge is 0.491 e. The molecule has 18 heavy (non-hydrogen) atoms. The van der Waals surface area contributed by atoms with Crippen LogP contribution in [0.5, 0.6) is 5.75 Å². The zero-order valence-corrected chi connectivity index (χ0v) is 10.3. The van der Waals surface area contributed by atoms with Crippen LogP contribution in [0.25, 0.3) is 0 Å². The van der Waals surface area contributed by atoms with E-state index in [1.165, 1.54) is 18.2 Å². The minimum Gasteiger partial charge on any atom is -0.491 e. The Morgan fingerprint density at radius 3 is 2.83 bits per heavy atom. The van der Waals surface area contributed by atoms with Crippen molar-refractivity contribution in [2.45, 2.75) is 19.3 Å². The van der Waals surface area contributed by atoms with Gasteiger partial charge < -0.3 is 4.74 Å². The first-order valence-electron chi connectivity index (χ1n) is 5.50. The Kier molecular flexibility index (Phi) is 3.39. The van der Waals surface area contributed by atoms with Gasteiger partial charge in [-0.3, -0.25) is 10.1 Å². The number of hydrogen-bond acceptors (Lipinski definition) is 4. The average Bonchev–Trinajstić information content (AvgIpc) is 3.08. The molecule has 0 amide bonds. The van der Waals surface area contributed by atoms with Gasteiger partial charge >= 0.3 is 0 Å². The average molecular weight is 267 g/mol.